The molecule has 0 radical (unpaired) electrons. The second kappa shape index (κ2) is 7.61. The summed E-state index contributed by atoms with van der Waals surface area (Å²) in [6.07, 6.45) is 2.84. The maximum Gasteiger partial charge on any atom is 0.332 e. The smallest absolute Gasteiger partial charge is 0.332 e. The third-order valence-corrected chi connectivity index (χ3v) is 5.40. The first kappa shape index (κ1) is 19.8. The van der Waals surface area contributed by atoms with Gasteiger partial charge in [-0.15, -0.1) is 0 Å². The topological polar surface area (TPSA) is 134 Å². The van der Waals surface area contributed by atoms with Gasteiger partial charge in [-0.1, -0.05) is 0 Å². The highest BCUT2D eigenvalue weighted by Crippen LogP contribution is 2.32. The number of esters is 1. The van der Waals surface area contributed by atoms with Crippen LogP contribution in [0.3, 0.4) is 0 Å². The van der Waals surface area contributed by atoms with Crippen molar-refractivity contribution >= 4 is 23.5 Å². The molecule has 1 aliphatic carbocycles. The van der Waals surface area contributed by atoms with Gasteiger partial charge in [0.25, 0.3) is 5.56 Å². The Morgan fingerprint density at radius 3 is 2.18 bits per heavy atom. The zero-order valence-corrected chi connectivity index (χ0v) is 16.0. The molecule has 1 amide bonds. The van der Waals surface area contributed by atoms with Crippen molar-refractivity contribution < 1.29 is 19.1 Å². The van der Waals surface area contributed by atoms with Crippen LogP contribution in [0.4, 0.5) is 5.82 Å². The molecule has 1 aromatic rings. The third kappa shape index (κ3) is 3.71. The van der Waals surface area contributed by atoms with E-state index >= 15 is 0 Å². The number of ether oxygens (including phenoxy) is 1. The molecule has 2 heterocycles. The van der Waals surface area contributed by atoms with Gasteiger partial charge in [-0.25, -0.2) is 4.79 Å². The van der Waals surface area contributed by atoms with E-state index in [1.165, 1.54) is 14.1 Å². The molecule has 0 aromatic carbocycles. The number of amides is 1. The number of aromatic nitrogens is 2. The van der Waals surface area contributed by atoms with Gasteiger partial charge in [0.1, 0.15) is 11.4 Å². The van der Waals surface area contributed by atoms with Crippen LogP contribution in [0.15, 0.2) is 9.59 Å². The van der Waals surface area contributed by atoms with Crippen molar-refractivity contribution in [2.24, 2.45) is 25.9 Å². The summed E-state index contributed by atoms with van der Waals surface area (Å²) in [5, 5.41) is 0. The number of nitrogens with two attached hydrogens (primary N) is 1. The molecular weight excluding hydrogens is 368 g/mol. The number of carbonyl (C=O) groups excluding carboxylic acids is 3. The van der Waals surface area contributed by atoms with Gasteiger partial charge in [0.2, 0.25) is 11.7 Å². The van der Waals surface area contributed by atoms with Gasteiger partial charge in [0, 0.05) is 33.1 Å². The molecule has 2 aliphatic rings. The zero-order valence-electron chi connectivity index (χ0n) is 16.0. The van der Waals surface area contributed by atoms with Crippen LogP contribution in [0.2, 0.25) is 0 Å². The van der Waals surface area contributed by atoms with Gasteiger partial charge in [-0.2, -0.15) is 0 Å². The Bertz CT molecular complexity index is 935. The Hall–Kier alpha value is -2.91. The first-order valence-electron chi connectivity index (χ1n) is 9.26. The average Bonchev–Trinajstić information content (AvgIpc) is 3.54. The van der Waals surface area contributed by atoms with E-state index < -0.39 is 35.5 Å². The monoisotopic (exact) mass is 392 g/mol. The number of likely N-dealkylation sites (tertiary alicyclic amines) is 1. The summed E-state index contributed by atoms with van der Waals surface area (Å²) >= 11 is 0. The van der Waals surface area contributed by atoms with Gasteiger partial charge in [0.05, 0.1) is 5.92 Å². The van der Waals surface area contributed by atoms with Crippen LogP contribution in [0.5, 0.6) is 0 Å². The second-order valence-corrected chi connectivity index (χ2v) is 7.37. The van der Waals surface area contributed by atoms with Crippen LogP contribution in [-0.4, -0.2) is 51.4 Å². The summed E-state index contributed by atoms with van der Waals surface area (Å²) in [5.41, 5.74) is 3.88. The van der Waals surface area contributed by atoms with E-state index in [0.717, 1.165) is 22.0 Å². The molecule has 0 unspecified atom stereocenters. The van der Waals surface area contributed by atoms with Crippen molar-refractivity contribution in [2.45, 2.75) is 25.7 Å². The Balaban J connectivity index is 1.58. The van der Waals surface area contributed by atoms with E-state index in [-0.39, 0.29) is 23.2 Å². The number of ketones is 1. The van der Waals surface area contributed by atoms with Crippen LogP contribution in [0.1, 0.15) is 36.0 Å². The highest BCUT2D eigenvalue weighted by Gasteiger charge is 2.36. The average molecular weight is 392 g/mol. The molecule has 1 saturated heterocycles. The van der Waals surface area contributed by atoms with Gasteiger partial charge < -0.3 is 15.4 Å². The van der Waals surface area contributed by atoms with E-state index in [9.17, 15) is 24.0 Å². The predicted octanol–water partition coefficient (Wildman–Crippen LogP) is -0.959. The number of nitrogen functional groups attached to an aromatic ring is 1. The van der Waals surface area contributed by atoms with E-state index in [4.69, 9.17) is 10.5 Å². The molecule has 0 spiro atoms. The lowest BCUT2D eigenvalue weighted by Crippen LogP contribution is -2.43. The summed E-state index contributed by atoms with van der Waals surface area (Å²) in [4.78, 5) is 62.4. The molecule has 152 valence electrons. The number of rotatable bonds is 5. The Morgan fingerprint density at radius 2 is 1.61 bits per heavy atom. The zero-order chi connectivity index (χ0) is 20.6. The van der Waals surface area contributed by atoms with Crippen molar-refractivity contribution in [1.29, 1.82) is 0 Å². The van der Waals surface area contributed by atoms with Crippen LogP contribution >= 0.6 is 0 Å². The standard InChI is InChI=1S/C18H24N4O6/c1-20-14(19)13(16(25)21(2)18(20)27)12(23)9-28-17(26)11-5-7-22(8-6-11)15(24)10-3-4-10/h10-11H,3-9,19H2,1-2H3. The van der Waals surface area contributed by atoms with Crippen LogP contribution in [-0.2, 0) is 28.4 Å². The minimum atomic E-state index is -0.825. The number of carbonyl (C=O) groups is 3. The molecule has 28 heavy (non-hydrogen) atoms. The van der Waals surface area contributed by atoms with Gasteiger partial charge in [0.15, 0.2) is 6.61 Å². The van der Waals surface area contributed by atoms with Crippen molar-refractivity contribution in [1.82, 2.24) is 14.0 Å². The SMILES string of the molecule is Cn1c(N)c(C(=O)COC(=O)C2CCN(C(=O)C3CC3)CC2)c(=O)n(C)c1=O. The normalized spacial score (nSPS) is 17.4. The quantitative estimate of drug-likeness (QED) is 0.504. The molecular formula is C18H24N4O6. The minimum Gasteiger partial charge on any atom is -0.457 e. The lowest BCUT2D eigenvalue weighted by Gasteiger charge is -2.31. The largest absolute Gasteiger partial charge is 0.457 e. The number of piperidine rings is 1. The maximum absolute atomic E-state index is 12.4. The fraction of sp³-hybridized carbons (Fsp3) is 0.611. The number of nitrogens with zero attached hydrogens (tertiary/aromatic N) is 3. The molecule has 1 saturated carbocycles. The van der Waals surface area contributed by atoms with Crippen molar-refractivity contribution in [3.8, 4) is 0 Å². The fourth-order valence-electron chi connectivity index (χ4n) is 3.37. The Kier molecular flexibility index (Phi) is 5.39. The Labute approximate surface area is 160 Å². The first-order valence-corrected chi connectivity index (χ1v) is 9.26. The minimum absolute atomic E-state index is 0.149. The van der Waals surface area contributed by atoms with E-state index in [1.54, 1.807) is 4.90 Å². The highest BCUT2D eigenvalue weighted by molar-refractivity contribution is 6.01. The lowest BCUT2D eigenvalue weighted by atomic mass is 9.96. The van der Waals surface area contributed by atoms with Crippen LogP contribution in [0.25, 0.3) is 0 Å². The van der Waals surface area contributed by atoms with Crippen molar-refractivity contribution in [2.75, 3.05) is 25.4 Å². The van der Waals surface area contributed by atoms with Gasteiger partial charge >= 0.3 is 11.7 Å². The molecule has 0 atom stereocenters. The molecule has 1 aromatic heterocycles. The summed E-state index contributed by atoms with van der Waals surface area (Å²) in [5.74, 6) is -1.65. The number of Topliss-reactive ketones (excluding diaryl/α,β-unsaturated/α-hetero) is 1. The second-order valence-electron chi connectivity index (χ2n) is 7.37. The molecule has 2 N–H and O–H groups in total. The molecule has 2 fully saturated rings. The maximum atomic E-state index is 12.4. The summed E-state index contributed by atoms with van der Waals surface area (Å²) in [6, 6.07) is 0. The molecule has 1 aliphatic heterocycles. The van der Waals surface area contributed by atoms with E-state index in [1.807, 2.05) is 0 Å². The van der Waals surface area contributed by atoms with Crippen molar-refractivity contribution in [3.05, 3.63) is 26.4 Å². The van der Waals surface area contributed by atoms with E-state index in [0.29, 0.717) is 25.9 Å². The van der Waals surface area contributed by atoms with Crippen LogP contribution < -0.4 is 17.0 Å². The number of hydrogen-bond acceptors (Lipinski definition) is 7. The predicted molar refractivity (Wildman–Crippen MR) is 98.7 cm³/mol. The van der Waals surface area contributed by atoms with Crippen LogP contribution in [0, 0.1) is 11.8 Å². The van der Waals surface area contributed by atoms with E-state index in [2.05, 4.69) is 0 Å². The molecule has 3 rings (SSSR count). The lowest BCUT2D eigenvalue weighted by molar-refractivity contribution is -0.150. The van der Waals surface area contributed by atoms with Gasteiger partial charge in [-0.05, 0) is 25.7 Å². The first-order chi connectivity index (χ1) is 13.2. The number of hydrogen-bond donors (Lipinski definition) is 1. The fourth-order valence-corrected chi connectivity index (χ4v) is 3.37. The summed E-state index contributed by atoms with van der Waals surface area (Å²) in [6.45, 7) is 0.367. The van der Waals surface area contributed by atoms with Crippen molar-refractivity contribution in [3.63, 3.8) is 0 Å². The number of anilines is 1. The van der Waals surface area contributed by atoms with Gasteiger partial charge in [-0.3, -0.25) is 28.3 Å². The summed E-state index contributed by atoms with van der Waals surface area (Å²) in [7, 11) is 2.58. The molecule has 10 nitrogen and oxygen atoms in total. The third-order valence-electron chi connectivity index (χ3n) is 5.40. The summed E-state index contributed by atoms with van der Waals surface area (Å²) < 4.78 is 6.86. The highest BCUT2D eigenvalue weighted by atomic mass is 16.5. The Morgan fingerprint density at radius 1 is 1.00 bits per heavy atom. The molecule has 10 heteroatoms. The molecule has 0 bridgehead atoms.